The molecule has 2 rings (SSSR count). The molecule has 0 bridgehead atoms. The average molecular weight is 281 g/mol. The summed E-state index contributed by atoms with van der Waals surface area (Å²) in [5, 5.41) is 3.87. The van der Waals surface area contributed by atoms with Gasteiger partial charge in [0.15, 0.2) is 0 Å². The van der Waals surface area contributed by atoms with E-state index in [9.17, 15) is 0 Å². The van der Waals surface area contributed by atoms with Crippen molar-refractivity contribution < 1.29 is 0 Å². The molecule has 0 aliphatic carbocycles. The Morgan fingerprint density at radius 1 is 0.857 bits per heavy atom. The highest BCUT2D eigenvalue weighted by Gasteiger charge is 2.15. The van der Waals surface area contributed by atoms with Crippen LogP contribution in [0, 0.1) is 0 Å². The highest BCUT2D eigenvalue weighted by molar-refractivity contribution is 5.20. The van der Waals surface area contributed by atoms with Gasteiger partial charge in [-0.25, -0.2) is 0 Å². The van der Waals surface area contributed by atoms with E-state index < -0.39 is 0 Å². The Hall–Kier alpha value is -1.60. The van der Waals surface area contributed by atoms with Gasteiger partial charge in [-0.15, -0.1) is 0 Å². The Balaban J connectivity index is 2.03. The summed E-state index contributed by atoms with van der Waals surface area (Å²) in [5.41, 5.74) is 2.83. The lowest BCUT2D eigenvalue weighted by Gasteiger charge is -2.25. The predicted molar refractivity (Wildman–Crippen MR) is 91.5 cm³/mol. The molecule has 2 aromatic rings. The maximum atomic E-state index is 3.87. The van der Waals surface area contributed by atoms with Crippen molar-refractivity contribution in [1.29, 1.82) is 0 Å². The van der Waals surface area contributed by atoms with Crippen LogP contribution in [0.3, 0.4) is 0 Å². The Morgan fingerprint density at radius 3 is 2.05 bits per heavy atom. The van der Waals surface area contributed by atoms with Crippen molar-refractivity contribution in [3.8, 4) is 0 Å². The van der Waals surface area contributed by atoms with Gasteiger partial charge in [-0.1, -0.05) is 80.9 Å². The van der Waals surface area contributed by atoms with Gasteiger partial charge < -0.3 is 5.32 Å². The van der Waals surface area contributed by atoms with Crippen LogP contribution in [0.2, 0.25) is 0 Å². The highest BCUT2D eigenvalue weighted by Crippen LogP contribution is 2.20. The van der Waals surface area contributed by atoms with Crippen molar-refractivity contribution >= 4 is 0 Å². The van der Waals surface area contributed by atoms with Crippen molar-refractivity contribution in [2.75, 3.05) is 0 Å². The third-order valence-electron chi connectivity index (χ3n) is 4.03. The standard InChI is InChI=1S/C20H27N/c1-3-11-20(18-14-9-6-10-15-18)21-19(4-2)16-17-12-7-5-8-13-17/h5-10,12-15,19-21H,3-4,11,16H2,1-2H3. The van der Waals surface area contributed by atoms with E-state index in [1.165, 1.54) is 24.0 Å². The molecule has 112 valence electrons. The number of nitrogens with one attached hydrogen (secondary N) is 1. The fraction of sp³-hybridized carbons (Fsp3) is 0.400. The lowest BCUT2D eigenvalue weighted by Crippen LogP contribution is -2.34. The third-order valence-corrected chi connectivity index (χ3v) is 4.03. The SMILES string of the molecule is CCCC(NC(CC)Cc1ccccc1)c1ccccc1. The molecule has 0 aromatic heterocycles. The molecule has 0 fully saturated rings. The van der Waals surface area contributed by atoms with Gasteiger partial charge in [0.25, 0.3) is 0 Å². The van der Waals surface area contributed by atoms with Crippen LogP contribution < -0.4 is 5.32 Å². The minimum atomic E-state index is 0.463. The second-order valence-corrected chi connectivity index (χ2v) is 5.71. The molecule has 2 aromatic carbocycles. The first-order valence-electron chi connectivity index (χ1n) is 8.18. The number of rotatable bonds is 8. The first-order chi connectivity index (χ1) is 10.3. The summed E-state index contributed by atoms with van der Waals surface area (Å²) in [5.74, 6) is 0. The van der Waals surface area contributed by atoms with E-state index in [0.717, 1.165) is 12.8 Å². The zero-order valence-corrected chi connectivity index (χ0v) is 13.3. The molecular formula is C20H27N. The summed E-state index contributed by atoms with van der Waals surface area (Å²) >= 11 is 0. The van der Waals surface area contributed by atoms with Gasteiger partial charge in [0.05, 0.1) is 0 Å². The fourth-order valence-electron chi connectivity index (χ4n) is 2.82. The lowest BCUT2D eigenvalue weighted by molar-refractivity contribution is 0.401. The lowest BCUT2D eigenvalue weighted by atomic mass is 9.98. The smallest absolute Gasteiger partial charge is 0.0322 e. The molecule has 21 heavy (non-hydrogen) atoms. The maximum Gasteiger partial charge on any atom is 0.0322 e. The van der Waals surface area contributed by atoms with E-state index in [-0.39, 0.29) is 0 Å². The Kier molecular flexibility index (Phi) is 6.49. The molecule has 2 unspecified atom stereocenters. The van der Waals surface area contributed by atoms with Crippen molar-refractivity contribution in [2.45, 2.75) is 51.6 Å². The summed E-state index contributed by atoms with van der Waals surface area (Å²) in [6.45, 7) is 4.53. The van der Waals surface area contributed by atoms with Crippen LogP contribution in [0.4, 0.5) is 0 Å². The number of hydrogen-bond acceptors (Lipinski definition) is 1. The van der Waals surface area contributed by atoms with Crippen LogP contribution in [-0.2, 0) is 6.42 Å². The van der Waals surface area contributed by atoms with Gasteiger partial charge >= 0.3 is 0 Å². The summed E-state index contributed by atoms with van der Waals surface area (Å²) in [6.07, 6.45) is 4.65. The molecule has 1 nitrogen and oxygen atoms in total. The molecule has 0 saturated carbocycles. The van der Waals surface area contributed by atoms with Crippen molar-refractivity contribution in [3.05, 3.63) is 71.8 Å². The first kappa shape index (κ1) is 15.8. The topological polar surface area (TPSA) is 12.0 Å². The van der Waals surface area contributed by atoms with E-state index in [1.807, 2.05) is 0 Å². The second kappa shape index (κ2) is 8.63. The van der Waals surface area contributed by atoms with Gasteiger partial charge in [-0.3, -0.25) is 0 Å². The number of benzene rings is 2. The van der Waals surface area contributed by atoms with E-state index in [0.29, 0.717) is 12.1 Å². The largest absolute Gasteiger partial charge is 0.307 e. The van der Waals surface area contributed by atoms with E-state index in [1.54, 1.807) is 0 Å². The zero-order valence-electron chi connectivity index (χ0n) is 13.3. The van der Waals surface area contributed by atoms with Crippen LogP contribution in [0.15, 0.2) is 60.7 Å². The predicted octanol–water partition coefficient (Wildman–Crippen LogP) is 5.14. The molecule has 0 aliphatic heterocycles. The highest BCUT2D eigenvalue weighted by atomic mass is 14.9. The second-order valence-electron chi connectivity index (χ2n) is 5.71. The minimum Gasteiger partial charge on any atom is -0.307 e. The van der Waals surface area contributed by atoms with Crippen LogP contribution in [-0.4, -0.2) is 6.04 Å². The molecule has 1 N–H and O–H groups in total. The molecule has 0 heterocycles. The summed E-state index contributed by atoms with van der Waals surface area (Å²) in [6, 6.07) is 22.6. The van der Waals surface area contributed by atoms with Crippen LogP contribution in [0.5, 0.6) is 0 Å². The summed E-state index contributed by atoms with van der Waals surface area (Å²) in [4.78, 5) is 0. The summed E-state index contributed by atoms with van der Waals surface area (Å²) < 4.78 is 0. The van der Waals surface area contributed by atoms with Gasteiger partial charge in [-0.2, -0.15) is 0 Å². The maximum absolute atomic E-state index is 3.87. The molecule has 0 saturated heterocycles. The molecule has 0 aliphatic rings. The van der Waals surface area contributed by atoms with Gasteiger partial charge in [0, 0.05) is 12.1 Å². The van der Waals surface area contributed by atoms with Gasteiger partial charge in [-0.05, 0) is 30.4 Å². The molecule has 0 spiro atoms. The molecule has 1 heteroatoms. The zero-order chi connectivity index (χ0) is 14.9. The molecule has 2 atom stereocenters. The van der Waals surface area contributed by atoms with Gasteiger partial charge in [0.2, 0.25) is 0 Å². The Bertz CT molecular complexity index is 492. The number of hydrogen-bond donors (Lipinski definition) is 1. The van der Waals surface area contributed by atoms with Crippen LogP contribution in [0.25, 0.3) is 0 Å². The van der Waals surface area contributed by atoms with Gasteiger partial charge in [0.1, 0.15) is 0 Å². The van der Waals surface area contributed by atoms with Crippen molar-refractivity contribution in [1.82, 2.24) is 5.32 Å². The minimum absolute atomic E-state index is 0.463. The molecule has 0 amide bonds. The monoisotopic (exact) mass is 281 g/mol. The third kappa shape index (κ3) is 5.02. The molecular weight excluding hydrogens is 254 g/mol. The van der Waals surface area contributed by atoms with E-state index in [2.05, 4.69) is 79.8 Å². The normalized spacial score (nSPS) is 13.8. The van der Waals surface area contributed by atoms with Crippen molar-refractivity contribution in [3.63, 3.8) is 0 Å². The first-order valence-corrected chi connectivity index (χ1v) is 8.18. The van der Waals surface area contributed by atoms with Crippen LogP contribution >= 0.6 is 0 Å². The quantitative estimate of drug-likeness (QED) is 0.706. The Morgan fingerprint density at radius 2 is 1.48 bits per heavy atom. The average Bonchev–Trinajstić information content (AvgIpc) is 2.55. The fourth-order valence-corrected chi connectivity index (χ4v) is 2.82. The summed E-state index contributed by atoms with van der Waals surface area (Å²) in [7, 11) is 0. The molecule has 0 radical (unpaired) electrons. The van der Waals surface area contributed by atoms with Crippen molar-refractivity contribution in [2.24, 2.45) is 0 Å². The Labute approximate surface area is 129 Å². The van der Waals surface area contributed by atoms with E-state index in [4.69, 9.17) is 0 Å². The van der Waals surface area contributed by atoms with Crippen LogP contribution in [0.1, 0.15) is 50.3 Å². The van der Waals surface area contributed by atoms with E-state index >= 15 is 0 Å².